The van der Waals surface area contributed by atoms with Crippen LogP contribution in [0, 0.1) is 0 Å². The van der Waals surface area contributed by atoms with Crippen molar-refractivity contribution in [3.8, 4) is 0 Å². The van der Waals surface area contributed by atoms with Gasteiger partial charge in [-0.3, -0.25) is 9.88 Å². The van der Waals surface area contributed by atoms with Crippen LogP contribution in [0.25, 0.3) is 0 Å². The standard InChI is InChI=1S/C12H17N3OS/c1-9-7-15(5-6-16-9)8-10-3-2-4-14-11(10)12(13)17/h2-4,9H,5-8H2,1H3,(H2,13,17). The van der Waals surface area contributed by atoms with Crippen molar-refractivity contribution in [1.82, 2.24) is 9.88 Å². The smallest absolute Gasteiger partial charge is 0.123 e. The lowest BCUT2D eigenvalue weighted by atomic mass is 10.1. The van der Waals surface area contributed by atoms with Crippen molar-refractivity contribution >= 4 is 17.2 Å². The van der Waals surface area contributed by atoms with Gasteiger partial charge >= 0.3 is 0 Å². The number of aromatic nitrogens is 1. The van der Waals surface area contributed by atoms with Gasteiger partial charge in [-0.2, -0.15) is 0 Å². The highest BCUT2D eigenvalue weighted by Gasteiger charge is 2.18. The maximum absolute atomic E-state index is 5.67. The number of pyridine rings is 1. The van der Waals surface area contributed by atoms with Gasteiger partial charge in [0.15, 0.2) is 0 Å². The predicted molar refractivity (Wildman–Crippen MR) is 70.8 cm³/mol. The molecular formula is C12H17N3OS. The molecule has 1 saturated heterocycles. The van der Waals surface area contributed by atoms with Crippen LogP contribution in [0.4, 0.5) is 0 Å². The number of thiocarbonyl (C=S) groups is 1. The molecule has 0 bridgehead atoms. The molecule has 1 aromatic heterocycles. The van der Waals surface area contributed by atoms with Crippen molar-refractivity contribution < 1.29 is 4.74 Å². The number of hydrogen-bond acceptors (Lipinski definition) is 4. The van der Waals surface area contributed by atoms with E-state index in [4.69, 9.17) is 22.7 Å². The Morgan fingerprint density at radius 2 is 2.53 bits per heavy atom. The molecule has 0 radical (unpaired) electrons. The number of nitrogens with zero attached hydrogens (tertiary/aromatic N) is 2. The molecule has 92 valence electrons. The number of morpholine rings is 1. The first kappa shape index (κ1) is 12.4. The first-order valence-corrected chi connectivity index (χ1v) is 6.15. The molecule has 1 unspecified atom stereocenters. The average Bonchev–Trinajstić information content (AvgIpc) is 2.29. The largest absolute Gasteiger partial charge is 0.388 e. The average molecular weight is 251 g/mol. The lowest BCUT2D eigenvalue weighted by Gasteiger charge is -2.31. The SMILES string of the molecule is CC1CN(Cc2cccnc2C(N)=S)CCO1. The third-order valence-electron chi connectivity index (χ3n) is 2.84. The van der Waals surface area contributed by atoms with Crippen LogP contribution in [0.2, 0.25) is 0 Å². The van der Waals surface area contributed by atoms with E-state index in [9.17, 15) is 0 Å². The van der Waals surface area contributed by atoms with Gasteiger partial charge in [0.1, 0.15) is 10.7 Å². The van der Waals surface area contributed by atoms with Gasteiger partial charge in [0.2, 0.25) is 0 Å². The summed E-state index contributed by atoms with van der Waals surface area (Å²) in [6.45, 7) is 5.57. The van der Waals surface area contributed by atoms with E-state index in [1.54, 1.807) is 6.20 Å². The molecular weight excluding hydrogens is 234 g/mol. The van der Waals surface area contributed by atoms with Crippen LogP contribution in [0.15, 0.2) is 18.3 Å². The Hall–Kier alpha value is -1.04. The summed E-state index contributed by atoms with van der Waals surface area (Å²) in [4.78, 5) is 6.94. The van der Waals surface area contributed by atoms with Gasteiger partial charge in [0.05, 0.1) is 12.7 Å². The molecule has 1 aliphatic rings. The molecule has 0 spiro atoms. The van der Waals surface area contributed by atoms with Crippen molar-refractivity contribution in [2.24, 2.45) is 5.73 Å². The van der Waals surface area contributed by atoms with Crippen molar-refractivity contribution in [3.63, 3.8) is 0 Å². The van der Waals surface area contributed by atoms with E-state index in [0.29, 0.717) is 4.99 Å². The molecule has 0 aromatic carbocycles. The number of rotatable bonds is 3. The van der Waals surface area contributed by atoms with Gasteiger partial charge in [0, 0.05) is 25.8 Å². The van der Waals surface area contributed by atoms with Gasteiger partial charge in [-0.25, -0.2) is 0 Å². The fourth-order valence-electron chi connectivity index (χ4n) is 2.06. The first-order valence-electron chi connectivity index (χ1n) is 5.74. The Morgan fingerprint density at radius 3 is 3.24 bits per heavy atom. The molecule has 0 amide bonds. The third kappa shape index (κ3) is 3.21. The second-order valence-corrected chi connectivity index (χ2v) is 4.73. The minimum atomic E-state index is 0.286. The van der Waals surface area contributed by atoms with Gasteiger partial charge in [-0.1, -0.05) is 18.3 Å². The molecule has 0 saturated carbocycles. The van der Waals surface area contributed by atoms with Gasteiger partial charge in [-0.15, -0.1) is 0 Å². The number of hydrogen-bond donors (Lipinski definition) is 1. The molecule has 5 heteroatoms. The summed E-state index contributed by atoms with van der Waals surface area (Å²) in [5.74, 6) is 0. The Bertz CT molecular complexity index is 410. The van der Waals surface area contributed by atoms with Crippen LogP contribution < -0.4 is 5.73 Å². The summed E-state index contributed by atoms with van der Waals surface area (Å²) < 4.78 is 5.52. The molecule has 1 fully saturated rings. The van der Waals surface area contributed by atoms with E-state index < -0.39 is 0 Å². The first-order chi connectivity index (χ1) is 8.16. The predicted octanol–water partition coefficient (Wildman–Crippen LogP) is 0.937. The zero-order valence-electron chi connectivity index (χ0n) is 9.93. The van der Waals surface area contributed by atoms with E-state index >= 15 is 0 Å². The topological polar surface area (TPSA) is 51.4 Å². The molecule has 2 N–H and O–H groups in total. The Morgan fingerprint density at radius 1 is 1.71 bits per heavy atom. The van der Waals surface area contributed by atoms with E-state index in [1.165, 1.54) is 0 Å². The molecule has 0 aliphatic carbocycles. The maximum Gasteiger partial charge on any atom is 0.123 e. The lowest BCUT2D eigenvalue weighted by molar-refractivity contribution is -0.0212. The Kier molecular flexibility index (Phi) is 4.04. The fourth-order valence-corrected chi connectivity index (χ4v) is 2.25. The highest BCUT2D eigenvalue weighted by molar-refractivity contribution is 7.80. The van der Waals surface area contributed by atoms with Crippen LogP contribution in [0.5, 0.6) is 0 Å². The number of ether oxygens (including phenoxy) is 1. The van der Waals surface area contributed by atoms with Crippen LogP contribution in [0.1, 0.15) is 18.2 Å². The Balaban J connectivity index is 2.10. The molecule has 1 atom stereocenters. The van der Waals surface area contributed by atoms with Gasteiger partial charge in [-0.05, 0) is 18.6 Å². The van der Waals surface area contributed by atoms with Crippen LogP contribution in [-0.4, -0.2) is 40.7 Å². The molecule has 1 aromatic rings. The van der Waals surface area contributed by atoms with Crippen molar-refractivity contribution in [2.45, 2.75) is 19.6 Å². The van der Waals surface area contributed by atoms with Crippen LogP contribution in [-0.2, 0) is 11.3 Å². The number of nitrogens with two attached hydrogens (primary N) is 1. The molecule has 17 heavy (non-hydrogen) atoms. The minimum Gasteiger partial charge on any atom is -0.388 e. The zero-order chi connectivity index (χ0) is 12.3. The van der Waals surface area contributed by atoms with E-state index in [0.717, 1.165) is 37.5 Å². The molecule has 1 aliphatic heterocycles. The summed E-state index contributed by atoms with van der Waals surface area (Å²) in [5.41, 5.74) is 7.50. The van der Waals surface area contributed by atoms with E-state index in [2.05, 4.69) is 16.8 Å². The van der Waals surface area contributed by atoms with Crippen molar-refractivity contribution in [3.05, 3.63) is 29.6 Å². The van der Waals surface area contributed by atoms with Crippen LogP contribution in [0.3, 0.4) is 0 Å². The minimum absolute atomic E-state index is 0.286. The molecule has 2 heterocycles. The third-order valence-corrected chi connectivity index (χ3v) is 3.04. The maximum atomic E-state index is 5.67. The van der Waals surface area contributed by atoms with Crippen molar-refractivity contribution in [2.75, 3.05) is 19.7 Å². The summed E-state index contributed by atoms with van der Waals surface area (Å²) in [6, 6.07) is 3.95. The summed E-state index contributed by atoms with van der Waals surface area (Å²) in [6.07, 6.45) is 2.01. The quantitative estimate of drug-likeness (QED) is 0.810. The zero-order valence-corrected chi connectivity index (χ0v) is 10.7. The van der Waals surface area contributed by atoms with E-state index in [-0.39, 0.29) is 6.10 Å². The Labute approximate surface area is 107 Å². The molecule has 2 rings (SSSR count). The van der Waals surface area contributed by atoms with Crippen molar-refractivity contribution in [1.29, 1.82) is 0 Å². The molecule has 4 nitrogen and oxygen atoms in total. The van der Waals surface area contributed by atoms with Gasteiger partial charge < -0.3 is 10.5 Å². The normalized spacial score (nSPS) is 21.4. The second kappa shape index (κ2) is 5.53. The highest BCUT2D eigenvalue weighted by atomic mass is 32.1. The van der Waals surface area contributed by atoms with Gasteiger partial charge in [0.25, 0.3) is 0 Å². The van der Waals surface area contributed by atoms with Crippen LogP contribution >= 0.6 is 12.2 Å². The summed E-state index contributed by atoms with van der Waals surface area (Å²) in [5, 5.41) is 0. The summed E-state index contributed by atoms with van der Waals surface area (Å²) >= 11 is 5.01. The van der Waals surface area contributed by atoms with E-state index in [1.807, 2.05) is 12.1 Å². The second-order valence-electron chi connectivity index (χ2n) is 4.29. The monoisotopic (exact) mass is 251 g/mol. The summed E-state index contributed by atoms with van der Waals surface area (Å²) in [7, 11) is 0. The fraction of sp³-hybridized carbons (Fsp3) is 0.500. The highest BCUT2D eigenvalue weighted by Crippen LogP contribution is 2.12. The lowest BCUT2D eigenvalue weighted by Crippen LogP contribution is -2.40.